The van der Waals surface area contributed by atoms with Gasteiger partial charge in [-0.25, -0.2) is 14.6 Å². The van der Waals surface area contributed by atoms with Crippen molar-refractivity contribution in [2.45, 2.75) is 13.3 Å². The molecule has 0 aromatic heterocycles. The van der Waals surface area contributed by atoms with Gasteiger partial charge in [-0.2, -0.15) is 0 Å². The van der Waals surface area contributed by atoms with Crippen LogP contribution in [0, 0.1) is 6.92 Å². The summed E-state index contributed by atoms with van der Waals surface area (Å²) >= 11 is 0. The topological polar surface area (TPSA) is 57.7 Å². The van der Waals surface area contributed by atoms with Gasteiger partial charge in [0.2, 0.25) is 11.8 Å². The minimum absolute atomic E-state index is 0.324. The molecular weight excluding hydrogens is 280 g/mol. The Morgan fingerprint density at radius 3 is 2.05 bits per heavy atom. The number of nitrogens with zero attached hydrogens (tertiary/aromatic N) is 2. The number of urea groups is 1. The maximum absolute atomic E-state index is 12.7. The van der Waals surface area contributed by atoms with Gasteiger partial charge in [0.1, 0.15) is 6.42 Å². The van der Waals surface area contributed by atoms with E-state index in [1.165, 1.54) is 0 Å². The minimum Gasteiger partial charge on any atom is -0.273 e. The number of carbonyl (C=O) groups excluding carboxylic acids is 3. The van der Waals surface area contributed by atoms with E-state index in [1.54, 1.807) is 42.5 Å². The van der Waals surface area contributed by atoms with E-state index in [1.807, 2.05) is 19.1 Å². The zero-order valence-corrected chi connectivity index (χ0v) is 12.0. The summed E-state index contributed by atoms with van der Waals surface area (Å²) in [5.74, 6) is -1.01. The van der Waals surface area contributed by atoms with Crippen molar-refractivity contribution in [1.82, 2.24) is 0 Å². The molecule has 1 aliphatic rings. The van der Waals surface area contributed by atoms with E-state index < -0.39 is 17.8 Å². The van der Waals surface area contributed by atoms with Gasteiger partial charge in [0.25, 0.3) is 0 Å². The highest BCUT2D eigenvalue weighted by Crippen LogP contribution is 2.28. The highest BCUT2D eigenvalue weighted by molar-refractivity contribution is 6.35. The normalized spacial score (nSPS) is 15.4. The summed E-state index contributed by atoms with van der Waals surface area (Å²) in [6.45, 7) is 1.82. The second kappa shape index (κ2) is 5.44. The molecule has 4 amide bonds. The number of amides is 4. The van der Waals surface area contributed by atoms with Crippen molar-refractivity contribution in [2.75, 3.05) is 9.80 Å². The molecule has 0 bridgehead atoms. The molecule has 1 saturated heterocycles. The first kappa shape index (κ1) is 14.0. The summed E-state index contributed by atoms with van der Waals surface area (Å²) in [6, 6.07) is 15.1. The molecule has 0 radical (unpaired) electrons. The third-order valence-electron chi connectivity index (χ3n) is 3.55. The Hall–Kier alpha value is -2.95. The average Bonchev–Trinajstić information content (AvgIpc) is 2.50. The molecule has 0 aliphatic carbocycles. The summed E-state index contributed by atoms with van der Waals surface area (Å²) < 4.78 is 0. The van der Waals surface area contributed by atoms with Crippen molar-refractivity contribution in [3.63, 3.8) is 0 Å². The molecule has 0 atom stereocenters. The Bertz CT molecular complexity index is 756. The van der Waals surface area contributed by atoms with Crippen LogP contribution >= 0.6 is 0 Å². The number of aryl methyl sites for hydroxylation is 1. The van der Waals surface area contributed by atoms with Crippen LogP contribution in [0.5, 0.6) is 0 Å². The number of carbonyl (C=O) groups is 3. The number of rotatable bonds is 2. The Kier molecular flexibility index (Phi) is 3.47. The number of para-hydroxylation sites is 2. The largest absolute Gasteiger partial charge is 0.342 e. The number of benzene rings is 2. The van der Waals surface area contributed by atoms with Crippen LogP contribution < -0.4 is 9.80 Å². The monoisotopic (exact) mass is 294 g/mol. The van der Waals surface area contributed by atoms with E-state index in [-0.39, 0.29) is 6.42 Å². The standard InChI is InChI=1S/C17H14N2O3/c1-12-7-5-6-10-14(12)19-16(21)11-15(20)18(17(19)22)13-8-3-2-4-9-13/h2-10H,11H2,1H3. The number of hydrogen-bond donors (Lipinski definition) is 0. The SMILES string of the molecule is Cc1ccccc1N1C(=O)CC(=O)N(c2ccccc2)C1=O. The highest BCUT2D eigenvalue weighted by Gasteiger charge is 2.40. The van der Waals surface area contributed by atoms with E-state index in [0.29, 0.717) is 11.4 Å². The van der Waals surface area contributed by atoms with Gasteiger partial charge in [0, 0.05) is 0 Å². The third kappa shape index (κ3) is 2.26. The molecule has 2 aromatic carbocycles. The van der Waals surface area contributed by atoms with Crippen molar-refractivity contribution < 1.29 is 14.4 Å². The Morgan fingerprint density at radius 2 is 1.36 bits per heavy atom. The zero-order valence-electron chi connectivity index (χ0n) is 12.0. The molecule has 3 rings (SSSR count). The fourth-order valence-electron chi connectivity index (χ4n) is 2.48. The predicted molar refractivity (Wildman–Crippen MR) is 82.6 cm³/mol. The van der Waals surface area contributed by atoms with Crippen molar-refractivity contribution in [3.05, 3.63) is 60.2 Å². The lowest BCUT2D eigenvalue weighted by molar-refractivity contribution is -0.126. The first-order valence-corrected chi connectivity index (χ1v) is 6.90. The summed E-state index contributed by atoms with van der Waals surface area (Å²) in [4.78, 5) is 39.2. The molecule has 2 aromatic rings. The van der Waals surface area contributed by atoms with Gasteiger partial charge in [-0.15, -0.1) is 0 Å². The van der Waals surface area contributed by atoms with Crippen LogP contribution in [0.4, 0.5) is 16.2 Å². The molecule has 5 heteroatoms. The lowest BCUT2D eigenvalue weighted by atomic mass is 10.1. The molecule has 1 heterocycles. The second-order valence-corrected chi connectivity index (χ2v) is 5.04. The summed E-state index contributed by atoms with van der Waals surface area (Å²) in [5, 5.41) is 0. The van der Waals surface area contributed by atoms with E-state index in [2.05, 4.69) is 0 Å². The zero-order chi connectivity index (χ0) is 15.7. The van der Waals surface area contributed by atoms with Crippen molar-refractivity contribution in [1.29, 1.82) is 0 Å². The molecular formula is C17H14N2O3. The predicted octanol–water partition coefficient (Wildman–Crippen LogP) is 2.88. The third-order valence-corrected chi connectivity index (χ3v) is 3.55. The fourth-order valence-corrected chi connectivity index (χ4v) is 2.48. The second-order valence-electron chi connectivity index (χ2n) is 5.04. The lowest BCUT2D eigenvalue weighted by Gasteiger charge is -2.33. The fraction of sp³-hybridized carbons (Fsp3) is 0.118. The first-order chi connectivity index (χ1) is 10.6. The van der Waals surface area contributed by atoms with Gasteiger partial charge in [-0.3, -0.25) is 9.59 Å². The summed E-state index contributed by atoms with van der Waals surface area (Å²) in [7, 11) is 0. The van der Waals surface area contributed by atoms with Crippen molar-refractivity contribution >= 4 is 29.2 Å². The van der Waals surface area contributed by atoms with Gasteiger partial charge in [0.05, 0.1) is 11.4 Å². The molecule has 1 aliphatic heterocycles. The Morgan fingerprint density at radius 1 is 0.773 bits per heavy atom. The minimum atomic E-state index is -0.637. The number of barbiturate groups is 1. The average molecular weight is 294 g/mol. The van der Waals surface area contributed by atoms with Crippen LogP contribution in [0.2, 0.25) is 0 Å². The molecule has 0 N–H and O–H groups in total. The van der Waals surface area contributed by atoms with Crippen molar-refractivity contribution in [2.24, 2.45) is 0 Å². The van der Waals surface area contributed by atoms with E-state index in [9.17, 15) is 14.4 Å². The van der Waals surface area contributed by atoms with Crippen LogP contribution in [-0.2, 0) is 9.59 Å². The van der Waals surface area contributed by atoms with Gasteiger partial charge in [0.15, 0.2) is 0 Å². The first-order valence-electron chi connectivity index (χ1n) is 6.90. The molecule has 1 fully saturated rings. The smallest absolute Gasteiger partial charge is 0.273 e. The van der Waals surface area contributed by atoms with Crippen LogP contribution in [-0.4, -0.2) is 17.8 Å². The number of hydrogen-bond acceptors (Lipinski definition) is 3. The maximum atomic E-state index is 12.7. The molecule has 22 heavy (non-hydrogen) atoms. The molecule has 0 unspecified atom stereocenters. The van der Waals surface area contributed by atoms with Crippen LogP contribution in [0.25, 0.3) is 0 Å². The lowest BCUT2D eigenvalue weighted by Crippen LogP contribution is -2.55. The molecule has 5 nitrogen and oxygen atoms in total. The Labute approximate surface area is 127 Å². The molecule has 0 saturated carbocycles. The highest BCUT2D eigenvalue weighted by atomic mass is 16.2. The van der Waals surface area contributed by atoms with E-state index >= 15 is 0 Å². The van der Waals surface area contributed by atoms with Crippen LogP contribution in [0.1, 0.15) is 12.0 Å². The van der Waals surface area contributed by atoms with Gasteiger partial charge < -0.3 is 0 Å². The maximum Gasteiger partial charge on any atom is 0.342 e. The summed E-state index contributed by atoms with van der Waals surface area (Å²) in [6.07, 6.45) is -0.324. The van der Waals surface area contributed by atoms with Gasteiger partial charge >= 0.3 is 6.03 Å². The molecule has 0 spiro atoms. The van der Waals surface area contributed by atoms with Crippen LogP contribution in [0.15, 0.2) is 54.6 Å². The van der Waals surface area contributed by atoms with E-state index in [0.717, 1.165) is 15.4 Å². The quantitative estimate of drug-likeness (QED) is 0.800. The Balaban J connectivity index is 2.05. The number of imide groups is 2. The van der Waals surface area contributed by atoms with Crippen LogP contribution in [0.3, 0.4) is 0 Å². The number of anilines is 2. The van der Waals surface area contributed by atoms with Gasteiger partial charge in [-0.05, 0) is 30.7 Å². The summed E-state index contributed by atoms with van der Waals surface area (Å²) in [5.41, 5.74) is 1.76. The molecule has 110 valence electrons. The van der Waals surface area contributed by atoms with Gasteiger partial charge in [-0.1, -0.05) is 36.4 Å². The van der Waals surface area contributed by atoms with E-state index in [4.69, 9.17) is 0 Å². The van der Waals surface area contributed by atoms with Crippen molar-refractivity contribution in [3.8, 4) is 0 Å².